The predicted molar refractivity (Wildman–Crippen MR) is 67.5 cm³/mol. The summed E-state index contributed by atoms with van der Waals surface area (Å²) in [4.78, 5) is 12.0. The second kappa shape index (κ2) is 5.32. The molecule has 1 atom stereocenters. The third kappa shape index (κ3) is 2.86. The van der Waals surface area contributed by atoms with E-state index in [0.29, 0.717) is 6.42 Å². The number of benzene rings is 1. The number of rotatable bonds is 5. The molecule has 0 amide bonds. The molecule has 0 fully saturated rings. The second-order valence-corrected chi connectivity index (χ2v) is 4.60. The van der Waals surface area contributed by atoms with Crippen LogP contribution in [0.4, 0.5) is 0 Å². The van der Waals surface area contributed by atoms with E-state index in [4.69, 9.17) is 10.5 Å². The van der Waals surface area contributed by atoms with E-state index in [2.05, 4.69) is 6.92 Å². The molecule has 1 heterocycles. The fourth-order valence-corrected chi connectivity index (χ4v) is 2.19. The van der Waals surface area contributed by atoms with Crippen molar-refractivity contribution in [3.8, 4) is 5.75 Å². The number of fused-ring (bicyclic) bond motifs is 1. The van der Waals surface area contributed by atoms with Gasteiger partial charge in [0.15, 0.2) is 5.78 Å². The lowest BCUT2D eigenvalue weighted by Gasteiger charge is -2.09. The zero-order valence-electron chi connectivity index (χ0n) is 10.2. The molecule has 17 heavy (non-hydrogen) atoms. The topological polar surface area (TPSA) is 52.3 Å². The highest BCUT2D eigenvalue weighted by Crippen LogP contribution is 2.26. The van der Waals surface area contributed by atoms with Crippen molar-refractivity contribution in [2.45, 2.75) is 38.6 Å². The van der Waals surface area contributed by atoms with Crippen molar-refractivity contribution in [3.63, 3.8) is 0 Å². The van der Waals surface area contributed by atoms with E-state index in [1.54, 1.807) is 0 Å². The summed E-state index contributed by atoms with van der Waals surface area (Å²) in [6.07, 6.45) is 3.26. The molecule has 0 radical (unpaired) electrons. The Kier molecular flexibility index (Phi) is 3.79. The molecule has 2 N–H and O–H groups in total. The highest BCUT2D eigenvalue weighted by molar-refractivity contribution is 5.96. The van der Waals surface area contributed by atoms with Crippen molar-refractivity contribution in [2.75, 3.05) is 6.61 Å². The second-order valence-electron chi connectivity index (χ2n) is 4.60. The zero-order valence-corrected chi connectivity index (χ0v) is 10.2. The minimum Gasteiger partial charge on any atom is -0.493 e. The monoisotopic (exact) mass is 233 g/mol. The Hall–Kier alpha value is -1.35. The molecule has 1 aromatic rings. The maximum atomic E-state index is 12.0. The Balaban J connectivity index is 2.04. The SMILES string of the molecule is CCCC(N)CC(=O)c1ccc2c(c1)CCO2. The van der Waals surface area contributed by atoms with Crippen LogP contribution in [0.2, 0.25) is 0 Å². The van der Waals surface area contributed by atoms with Gasteiger partial charge in [0.1, 0.15) is 5.75 Å². The molecule has 1 aliphatic heterocycles. The third-order valence-electron chi connectivity index (χ3n) is 3.12. The van der Waals surface area contributed by atoms with Gasteiger partial charge in [-0.05, 0) is 30.2 Å². The maximum absolute atomic E-state index is 12.0. The average molecular weight is 233 g/mol. The number of carbonyl (C=O) groups is 1. The van der Waals surface area contributed by atoms with Gasteiger partial charge in [-0.3, -0.25) is 4.79 Å². The predicted octanol–water partition coefficient (Wildman–Crippen LogP) is 2.32. The third-order valence-corrected chi connectivity index (χ3v) is 3.12. The highest BCUT2D eigenvalue weighted by Gasteiger charge is 2.16. The van der Waals surface area contributed by atoms with Gasteiger partial charge in [0, 0.05) is 24.4 Å². The summed E-state index contributed by atoms with van der Waals surface area (Å²) in [6.45, 7) is 2.80. The van der Waals surface area contributed by atoms with Crippen LogP contribution < -0.4 is 10.5 Å². The highest BCUT2D eigenvalue weighted by atomic mass is 16.5. The van der Waals surface area contributed by atoms with Crippen LogP contribution in [0.5, 0.6) is 5.75 Å². The Morgan fingerprint density at radius 1 is 1.53 bits per heavy atom. The van der Waals surface area contributed by atoms with Gasteiger partial charge >= 0.3 is 0 Å². The molecule has 0 bridgehead atoms. The van der Waals surface area contributed by atoms with E-state index in [9.17, 15) is 4.79 Å². The van der Waals surface area contributed by atoms with Crippen LogP contribution >= 0.6 is 0 Å². The Labute approximate surface area is 102 Å². The summed E-state index contributed by atoms with van der Waals surface area (Å²) in [5, 5.41) is 0. The van der Waals surface area contributed by atoms with E-state index < -0.39 is 0 Å². The van der Waals surface area contributed by atoms with Crippen LogP contribution in [0, 0.1) is 0 Å². The van der Waals surface area contributed by atoms with E-state index in [1.165, 1.54) is 0 Å². The number of nitrogens with two attached hydrogens (primary N) is 1. The summed E-state index contributed by atoms with van der Waals surface area (Å²) < 4.78 is 5.42. The molecule has 2 rings (SSSR count). The first-order valence-electron chi connectivity index (χ1n) is 6.25. The largest absolute Gasteiger partial charge is 0.493 e. The molecule has 3 heteroatoms. The summed E-state index contributed by atoms with van der Waals surface area (Å²) >= 11 is 0. The smallest absolute Gasteiger partial charge is 0.164 e. The lowest BCUT2D eigenvalue weighted by molar-refractivity contribution is 0.0973. The molecule has 3 nitrogen and oxygen atoms in total. The van der Waals surface area contributed by atoms with Crippen LogP contribution in [0.1, 0.15) is 42.1 Å². The molecule has 92 valence electrons. The van der Waals surface area contributed by atoms with E-state index in [1.807, 2.05) is 18.2 Å². The Morgan fingerprint density at radius 2 is 2.35 bits per heavy atom. The number of ether oxygens (including phenoxy) is 1. The van der Waals surface area contributed by atoms with Gasteiger partial charge in [-0.1, -0.05) is 13.3 Å². The molecule has 1 aliphatic rings. The van der Waals surface area contributed by atoms with Crippen molar-refractivity contribution in [3.05, 3.63) is 29.3 Å². The van der Waals surface area contributed by atoms with Crippen LogP contribution in [0.3, 0.4) is 0 Å². The van der Waals surface area contributed by atoms with Gasteiger partial charge in [-0.2, -0.15) is 0 Å². The van der Waals surface area contributed by atoms with Gasteiger partial charge in [0.05, 0.1) is 6.61 Å². The molecule has 1 aromatic carbocycles. The van der Waals surface area contributed by atoms with Gasteiger partial charge in [-0.15, -0.1) is 0 Å². The molecule has 0 spiro atoms. The fourth-order valence-electron chi connectivity index (χ4n) is 2.19. The first kappa shape index (κ1) is 12.1. The molecule has 0 saturated carbocycles. The maximum Gasteiger partial charge on any atom is 0.164 e. The van der Waals surface area contributed by atoms with E-state index in [-0.39, 0.29) is 11.8 Å². The zero-order chi connectivity index (χ0) is 12.3. The van der Waals surface area contributed by atoms with Crippen LogP contribution in [-0.2, 0) is 6.42 Å². The molecule has 0 aliphatic carbocycles. The fraction of sp³-hybridized carbons (Fsp3) is 0.500. The normalized spacial score (nSPS) is 15.2. The van der Waals surface area contributed by atoms with Crippen LogP contribution in [0.25, 0.3) is 0 Å². The quantitative estimate of drug-likeness (QED) is 0.794. The summed E-state index contributed by atoms with van der Waals surface area (Å²) in [5.41, 5.74) is 7.79. The summed E-state index contributed by atoms with van der Waals surface area (Å²) in [7, 11) is 0. The van der Waals surface area contributed by atoms with E-state index in [0.717, 1.165) is 42.7 Å². The van der Waals surface area contributed by atoms with Gasteiger partial charge in [0.25, 0.3) is 0 Å². The van der Waals surface area contributed by atoms with Crippen molar-refractivity contribution < 1.29 is 9.53 Å². The molecule has 0 aromatic heterocycles. The Bertz CT molecular complexity index is 415. The van der Waals surface area contributed by atoms with Crippen molar-refractivity contribution in [1.29, 1.82) is 0 Å². The Morgan fingerprint density at radius 3 is 3.12 bits per heavy atom. The van der Waals surface area contributed by atoms with Crippen LogP contribution in [-0.4, -0.2) is 18.4 Å². The minimum atomic E-state index is -0.0167. The van der Waals surface area contributed by atoms with E-state index >= 15 is 0 Å². The molecule has 0 saturated heterocycles. The van der Waals surface area contributed by atoms with Crippen molar-refractivity contribution >= 4 is 5.78 Å². The summed E-state index contributed by atoms with van der Waals surface area (Å²) in [6, 6.07) is 5.66. The first-order chi connectivity index (χ1) is 8.20. The number of hydrogen-bond acceptors (Lipinski definition) is 3. The number of carbonyl (C=O) groups excluding carboxylic acids is 1. The standard InChI is InChI=1S/C14H19NO2/c1-2-3-12(15)9-13(16)10-4-5-14-11(8-10)6-7-17-14/h4-5,8,12H,2-3,6-7,9,15H2,1H3. The molecular weight excluding hydrogens is 214 g/mol. The molecule has 1 unspecified atom stereocenters. The molecular formula is C14H19NO2. The average Bonchev–Trinajstić information content (AvgIpc) is 2.75. The van der Waals surface area contributed by atoms with Crippen molar-refractivity contribution in [2.24, 2.45) is 5.73 Å². The number of hydrogen-bond donors (Lipinski definition) is 1. The summed E-state index contributed by atoms with van der Waals surface area (Å²) in [5.74, 6) is 1.06. The van der Waals surface area contributed by atoms with Gasteiger partial charge in [-0.25, -0.2) is 0 Å². The lowest BCUT2D eigenvalue weighted by atomic mass is 9.99. The first-order valence-corrected chi connectivity index (χ1v) is 6.25. The number of ketones is 1. The van der Waals surface area contributed by atoms with Crippen molar-refractivity contribution in [1.82, 2.24) is 0 Å². The minimum absolute atomic E-state index is 0.0167. The van der Waals surface area contributed by atoms with Crippen LogP contribution in [0.15, 0.2) is 18.2 Å². The van der Waals surface area contributed by atoms with Gasteiger partial charge in [0.2, 0.25) is 0 Å². The lowest BCUT2D eigenvalue weighted by Crippen LogP contribution is -2.23. The number of Topliss-reactive ketones (excluding diaryl/α,β-unsaturated/α-hetero) is 1. The van der Waals surface area contributed by atoms with Gasteiger partial charge < -0.3 is 10.5 Å².